The van der Waals surface area contributed by atoms with Crippen molar-refractivity contribution >= 4 is 22.7 Å². The van der Waals surface area contributed by atoms with Gasteiger partial charge in [-0.3, -0.25) is 19.1 Å². The molecule has 0 aliphatic carbocycles. The van der Waals surface area contributed by atoms with E-state index in [1.807, 2.05) is 36.4 Å². The molecule has 0 atom stereocenters. The average Bonchev–Trinajstić information content (AvgIpc) is 3.18. The molecule has 1 N–H and O–H groups in total. The van der Waals surface area contributed by atoms with Crippen molar-refractivity contribution in [2.75, 3.05) is 13.1 Å². The van der Waals surface area contributed by atoms with Gasteiger partial charge in [0.15, 0.2) is 0 Å². The van der Waals surface area contributed by atoms with Crippen molar-refractivity contribution in [1.29, 1.82) is 0 Å². The van der Waals surface area contributed by atoms with Gasteiger partial charge in [-0.1, -0.05) is 48.5 Å². The molecule has 0 radical (unpaired) electrons. The number of nitrogens with one attached hydrogen (secondary N) is 1. The third-order valence-corrected chi connectivity index (χ3v) is 5.64. The number of carbonyl (C=O) groups excluding carboxylic acids is 2. The van der Waals surface area contributed by atoms with Gasteiger partial charge in [0.05, 0.1) is 5.52 Å². The lowest BCUT2D eigenvalue weighted by molar-refractivity contribution is -0.122. The number of carbonyl (C=O) groups is 2. The zero-order valence-electron chi connectivity index (χ0n) is 16.6. The van der Waals surface area contributed by atoms with E-state index in [9.17, 15) is 9.59 Å². The molecule has 1 fully saturated rings. The molecule has 5 nitrogen and oxygen atoms in total. The molecule has 1 aromatic heterocycles. The van der Waals surface area contributed by atoms with Crippen molar-refractivity contribution in [3.8, 4) is 0 Å². The average molecular weight is 389 g/mol. The first-order valence-corrected chi connectivity index (χ1v) is 10.3. The van der Waals surface area contributed by atoms with Gasteiger partial charge in [0.25, 0.3) is 0 Å². The first kappa shape index (κ1) is 19.4. The molecular weight excluding hydrogens is 362 g/mol. The highest BCUT2D eigenvalue weighted by molar-refractivity contribution is 5.93. The molecule has 1 amide bonds. The smallest absolute Gasteiger partial charge is 0.231 e. The minimum absolute atomic E-state index is 0.0312. The lowest BCUT2D eigenvalue weighted by atomic mass is 10.0. The third kappa shape index (κ3) is 4.93. The van der Waals surface area contributed by atoms with Gasteiger partial charge in [-0.15, -0.1) is 0 Å². The van der Waals surface area contributed by atoms with Crippen molar-refractivity contribution in [3.63, 3.8) is 0 Å². The molecule has 2 heterocycles. The summed E-state index contributed by atoms with van der Waals surface area (Å²) in [5.74, 6) is -0.0737. The first-order valence-electron chi connectivity index (χ1n) is 10.3. The summed E-state index contributed by atoms with van der Waals surface area (Å²) in [5.41, 5.74) is 2.22. The standard InChI is InChI=1S/C24H27N3O2/c28-23(10-11-24(29)27-17-12-20-8-4-5-9-22(20)27)25-21-13-15-26(16-14-21)18-19-6-2-1-3-7-19/h1-9,12,17,21H,10-11,13-16,18H2,(H,25,28). The number of hydrogen-bond acceptors (Lipinski definition) is 3. The van der Waals surface area contributed by atoms with E-state index in [1.165, 1.54) is 5.56 Å². The van der Waals surface area contributed by atoms with Gasteiger partial charge >= 0.3 is 0 Å². The Morgan fingerprint density at radius 3 is 2.41 bits per heavy atom. The number of fused-ring (bicyclic) bond motifs is 1. The van der Waals surface area contributed by atoms with Crippen molar-refractivity contribution in [1.82, 2.24) is 14.8 Å². The van der Waals surface area contributed by atoms with E-state index in [0.29, 0.717) is 0 Å². The van der Waals surface area contributed by atoms with Gasteiger partial charge in [-0.25, -0.2) is 0 Å². The molecule has 1 aliphatic rings. The van der Waals surface area contributed by atoms with Crippen LogP contribution in [-0.2, 0) is 11.3 Å². The number of likely N-dealkylation sites (tertiary alicyclic amines) is 1. The fraction of sp³-hybridized carbons (Fsp3) is 0.333. The molecule has 2 aromatic carbocycles. The lowest BCUT2D eigenvalue weighted by Crippen LogP contribution is -2.44. The highest BCUT2D eigenvalue weighted by Crippen LogP contribution is 2.17. The van der Waals surface area contributed by atoms with Crippen LogP contribution >= 0.6 is 0 Å². The van der Waals surface area contributed by atoms with E-state index >= 15 is 0 Å². The molecule has 150 valence electrons. The number of amides is 1. The summed E-state index contributed by atoms with van der Waals surface area (Å²) in [7, 11) is 0. The Morgan fingerprint density at radius 2 is 1.62 bits per heavy atom. The van der Waals surface area contributed by atoms with Gasteiger partial charge in [0.1, 0.15) is 0 Å². The van der Waals surface area contributed by atoms with Crippen LogP contribution in [0.5, 0.6) is 0 Å². The summed E-state index contributed by atoms with van der Waals surface area (Å²) in [6.45, 7) is 2.92. The molecular formula is C24H27N3O2. The maximum absolute atomic E-state index is 12.5. The second-order valence-corrected chi connectivity index (χ2v) is 7.74. The zero-order chi connectivity index (χ0) is 20.1. The van der Waals surface area contributed by atoms with Crippen molar-refractivity contribution in [3.05, 3.63) is 72.4 Å². The maximum atomic E-state index is 12.5. The topological polar surface area (TPSA) is 54.3 Å². The van der Waals surface area contributed by atoms with Gasteiger partial charge in [0.2, 0.25) is 11.8 Å². The molecule has 29 heavy (non-hydrogen) atoms. The number of para-hydroxylation sites is 1. The van der Waals surface area contributed by atoms with Crippen LogP contribution in [0.4, 0.5) is 0 Å². The highest BCUT2D eigenvalue weighted by Gasteiger charge is 2.21. The second-order valence-electron chi connectivity index (χ2n) is 7.74. The monoisotopic (exact) mass is 389 g/mol. The molecule has 5 heteroatoms. The van der Waals surface area contributed by atoms with E-state index in [4.69, 9.17) is 0 Å². The van der Waals surface area contributed by atoms with Crippen LogP contribution in [0.2, 0.25) is 0 Å². The predicted octanol–water partition coefficient (Wildman–Crippen LogP) is 3.84. The largest absolute Gasteiger partial charge is 0.353 e. The van der Waals surface area contributed by atoms with Crippen LogP contribution in [-0.4, -0.2) is 40.4 Å². The Kier molecular flexibility index (Phi) is 6.06. The minimum atomic E-state index is -0.0426. The number of benzene rings is 2. The van der Waals surface area contributed by atoms with Gasteiger partial charge < -0.3 is 5.32 Å². The Morgan fingerprint density at radius 1 is 0.897 bits per heavy atom. The zero-order valence-corrected chi connectivity index (χ0v) is 16.6. The SMILES string of the molecule is O=C(CCC(=O)n1ccc2ccccc21)NC1CCN(Cc2ccccc2)CC1. The summed E-state index contributed by atoms with van der Waals surface area (Å²) < 4.78 is 1.64. The third-order valence-electron chi connectivity index (χ3n) is 5.64. The second kappa shape index (κ2) is 9.05. The van der Waals surface area contributed by atoms with Crippen molar-refractivity contribution < 1.29 is 9.59 Å². The Hall–Kier alpha value is -2.92. The van der Waals surface area contributed by atoms with Gasteiger partial charge in [-0.05, 0) is 30.5 Å². The van der Waals surface area contributed by atoms with E-state index < -0.39 is 0 Å². The first-order chi connectivity index (χ1) is 14.2. The van der Waals surface area contributed by atoms with Crippen molar-refractivity contribution in [2.45, 2.75) is 38.3 Å². The number of nitrogens with zero attached hydrogens (tertiary/aromatic N) is 2. The van der Waals surface area contributed by atoms with E-state index in [0.717, 1.165) is 43.4 Å². The van der Waals surface area contributed by atoms with E-state index in [-0.39, 0.29) is 30.7 Å². The van der Waals surface area contributed by atoms with Crippen LogP contribution < -0.4 is 5.32 Å². The van der Waals surface area contributed by atoms with Crippen molar-refractivity contribution in [2.24, 2.45) is 0 Å². The van der Waals surface area contributed by atoms with Crippen LogP contribution in [0, 0.1) is 0 Å². The summed E-state index contributed by atoms with van der Waals surface area (Å²) in [5, 5.41) is 4.15. The molecule has 0 unspecified atom stereocenters. The van der Waals surface area contributed by atoms with Crippen LogP contribution in [0.3, 0.4) is 0 Å². The Bertz CT molecular complexity index is 972. The quantitative estimate of drug-likeness (QED) is 0.697. The molecule has 1 aliphatic heterocycles. The Balaban J connectivity index is 1.21. The fourth-order valence-electron chi connectivity index (χ4n) is 4.02. The molecule has 0 saturated carbocycles. The minimum Gasteiger partial charge on any atom is -0.353 e. The molecule has 0 bridgehead atoms. The van der Waals surface area contributed by atoms with Crippen LogP contribution in [0.1, 0.15) is 36.0 Å². The number of aromatic nitrogens is 1. The predicted molar refractivity (Wildman–Crippen MR) is 115 cm³/mol. The van der Waals surface area contributed by atoms with E-state index in [1.54, 1.807) is 10.8 Å². The summed E-state index contributed by atoms with van der Waals surface area (Å²) in [6.07, 6.45) is 4.14. The van der Waals surface area contributed by atoms with Crippen LogP contribution in [0.25, 0.3) is 10.9 Å². The number of rotatable bonds is 6. The number of hydrogen-bond donors (Lipinski definition) is 1. The molecule has 0 spiro atoms. The summed E-state index contributed by atoms with van der Waals surface area (Å²) in [6, 6.07) is 20.4. The van der Waals surface area contributed by atoms with Gasteiger partial charge in [-0.2, -0.15) is 0 Å². The molecule has 1 saturated heterocycles. The summed E-state index contributed by atoms with van der Waals surface area (Å²) >= 11 is 0. The highest BCUT2D eigenvalue weighted by atomic mass is 16.2. The summed E-state index contributed by atoms with van der Waals surface area (Å²) in [4.78, 5) is 27.3. The Labute approximate surface area is 171 Å². The van der Waals surface area contributed by atoms with E-state index in [2.05, 4.69) is 34.5 Å². The molecule has 3 aromatic rings. The fourth-order valence-corrected chi connectivity index (χ4v) is 4.02. The maximum Gasteiger partial charge on any atom is 0.231 e. The lowest BCUT2D eigenvalue weighted by Gasteiger charge is -2.32. The van der Waals surface area contributed by atoms with Gasteiger partial charge in [0, 0.05) is 50.1 Å². The normalized spacial score (nSPS) is 15.4. The molecule has 4 rings (SSSR count). The van der Waals surface area contributed by atoms with Crippen LogP contribution in [0.15, 0.2) is 66.9 Å². The number of piperidine rings is 1.